The van der Waals surface area contributed by atoms with E-state index >= 15 is 0 Å². The topological polar surface area (TPSA) is 172 Å². The molecule has 16 nitrogen and oxygen atoms in total. The molecule has 2 saturated heterocycles. The van der Waals surface area contributed by atoms with Crippen LogP contribution in [0.25, 0.3) is 0 Å². The van der Waals surface area contributed by atoms with Gasteiger partial charge in [-0.1, -0.05) is 18.7 Å². The Kier molecular flexibility index (Phi) is 13.8. The molecule has 2 fully saturated rings. The molecule has 3 N–H and O–H groups in total. The Balaban J connectivity index is 0.000000248. The standard InChI is InChI=1S/C21H29N5O4.C10H17N5O2/c1-5-12-30-18-13-15(6-7-17(18)27-2)14-26-10-8-16(9-11-26)22-19-23-20(28-3)25-21(24-19)29-4;1-16-9-13-8(14-10(15-9)17-2)12-7-3-5-11-6-4-7/h5-7,13,16H,1,8-12,14H2,2-4H3,(H,22,23,24,25);7,11H,3-6H2,1-2H3,(H,12,13,14,15). The van der Waals surface area contributed by atoms with E-state index in [-0.39, 0.29) is 30.1 Å². The van der Waals surface area contributed by atoms with Gasteiger partial charge in [0.2, 0.25) is 11.9 Å². The lowest BCUT2D eigenvalue weighted by molar-refractivity contribution is 0.210. The van der Waals surface area contributed by atoms with Gasteiger partial charge in [-0.15, -0.1) is 9.97 Å². The number of nitrogens with zero attached hydrogens (tertiary/aromatic N) is 7. The van der Waals surface area contributed by atoms with Crippen LogP contribution in [-0.2, 0) is 6.54 Å². The summed E-state index contributed by atoms with van der Waals surface area (Å²) in [6.07, 6.45) is 5.78. The molecule has 0 atom stereocenters. The number of methoxy groups -OCH3 is 5. The second-order valence-electron chi connectivity index (χ2n) is 10.7. The third-order valence-electron chi connectivity index (χ3n) is 7.50. The van der Waals surface area contributed by atoms with Crippen LogP contribution in [-0.4, -0.2) is 115 Å². The van der Waals surface area contributed by atoms with Crippen LogP contribution in [0.5, 0.6) is 35.5 Å². The molecule has 3 aromatic rings. The summed E-state index contributed by atoms with van der Waals surface area (Å²) >= 11 is 0. The zero-order valence-corrected chi connectivity index (χ0v) is 27.8. The molecule has 5 rings (SSSR count). The van der Waals surface area contributed by atoms with Crippen molar-refractivity contribution < 1.29 is 28.4 Å². The lowest BCUT2D eigenvalue weighted by atomic mass is 10.0. The molecular formula is C31H46N10O6. The van der Waals surface area contributed by atoms with Crippen molar-refractivity contribution in [2.75, 3.05) is 79.0 Å². The largest absolute Gasteiger partial charge is 0.493 e. The number of nitrogens with one attached hydrogen (secondary N) is 3. The maximum atomic E-state index is 5.72. The first-order chi connectivity index (χ1) is 23.0. The van der Waals surface area contributed by atoms with Crippen molar-refractivity contribution in [2.24, 2.45) is 0 Å². The van der Waals surface area contributed by atoms with Crippen molar-refractivity contribution >= 4 is 11.9 Å². The maximum Gasteiger partial charge on any atom is 0.324 e. The molecule has 0 amide bonds. The molecule has 2 aliphatic rings. The number of anilines is 2. The summed E-state index contributed by atoms with van der Waals surface area (Å²) in [4.78, 5) is 27.2. The van der Waals surface area contributed by atoms with E-state index < -0.39 is 0 Å². The number of likely N-dealkylation sites (tertiary alicyclic amines) is 1. The Morgan fingerprint density at radius 1 is 0.723 bits per heavy atom. The SMILES string of the molecule is C=CCOc1cc(CN2CCC(Nc3nc(OC)nc(OC)n3)CC2)ccc1OC.COc1nc(NC2CCNCC2)nc(OC)n1. The summed E-state index contributed by atoms with van der Waals surface area (Å²) in [7, 11) is 7.71. The Labute approximate surface area is 275 Å². The van der Waals surface area contributed by atoms with Gasteiger partial charge in [0.25, 0.3) is 0 Å². The van der Waals surface area contributed by atoms with Crippen molar-refractivity contribution in [3.05, 3.63) is 36.4 Å². The van der Waals surface area contributed by atoms with Crippen LogP contribution in [0.15, 0.2) is 30.9 Å². The number of rotatable bonds is 14. The average Bonchev–Trinajstić information content (AvgIpc) is 3.12. The molecule has 0 aliphatic carbocycles. The summed E-state index contributed by atoms with van der Waals surface area (Å²) in [6.45, 7) is 8.95. The smallest absolute Gasteiger partial charge is 0.324 e. The van der Waals surface area contributed by atoms with Crippen molar-refractivity contribution in [3.8, 4) is 35.5 Å². The van der Waals surface area contributed by atoms with Gasteiger partial charge in [-0.3, -0.25) is 4.90 Å². The molecule has 2 aromatic heterocycles. The van der Waals surface area contributed by atoms with Crippen LogP contribution in [0.4, 0.5) is 11.9 Å². The molecule has 0 saturated carbocycles. The van der Waals surface area contributed by atoms with Crippen molar-refractivity contribution in [3.63, 3.8) is 0 Å². The lowest BCUT2D eigenvalue weighted by Crippen LogP contribution is -2.39. The number of aromatic nitrogens is 6. The molecule has 0 radical (unpaired) electrons. The van der Waals surface area contributed by atoms with E-state index in [4.69, 9.17) is 28.4 Å². The molecular weight excluding hydrogens is 608 g/mol. The van der Waals surface area contributed by atoms with Crippen LogP contribution in [0.1, 0.15) is 31.2 Å². The van der Waals surface area contributed by atoms with E-state index in [1.165, 1.54) is 34.0 Å². The van der Waals surface area contributed by atoms with Gasteiger partial charge in [0.1, 0.15) is 6.61 Å². The molecule has 16 heteroatoms. The maximum absolute atomic E-state index is 5.72. The van der Waals surface area contributed by atoms with Gasteiger partial charge >= 0.3 is 24.0 Å². The van der Waals surface area contributed by atoms with Gasteiger partial charge in [0, 0.05) is 31.7 Å². The van der Waals surface area contributed by atoms with Gasteiger partial charge in [0.15, 0.2) is 11.5 Å². The molecule has 47 heavy (non-hydrogen) atoms. The zero-order valence-electron chi connectivity index (χ0n) is 27.8. The van der Waals surface area contributed by atoms with Crippen molar-refractivity contribution in [1.82, 2.24) is 40.1 Å². The first-order valence-corrected chi connectivity index (χ1v) is 15.5. The minimum absolute atomic E-state index is 0.232. The van der Waals surface area contributed by atoms with Gasteiger partial charge in [-0.25, -0.2) is 0 Å². The predicted molar refractivity (Wildman–Crippen MR) is 176 cm³/mol. The van der Waals surface area contributed by atoms with E-state index in [9.17, 15) is 0 Å². The van der Waals surface area contributed by atoms with Gasteiger partial charge in [-0.05, 0) is 56.5 Å². The van der Waals surface area contributed by atoms with Gasteiger partial charge in [0.05, 0.1) is 35.5 Å². The fourth-order valence-corrected chi connectivity index (χ4v) is 5.08. The van der Waals surface area contributed by atoms with Crippen LogP contribution >= 0.6 is 0 Å². The van der Waals surface area contributed by atoms with E-state index in [0.29, 0.717) is 24.5 Å². The third kappa shape index (κ3) is 11.0. The predicted octanol–water partition coefficient (Wildman–Crippen LogP) is 2.59. The molecule has 1 aromatic carbocycles. The fourth-order valence-electron chi connectivity index (χ4n) is 5.08. The lowest BCUT2D eigenvalue weighted by Gasteiger charge is -2.32. The number of hydrogen-bond acceptors (Lipinski definition) is 16. The number of benzene rings is 1. The summed E-state index contributed by atoms with van der Waals surface area (Å²) in [5, 5.41) is 9.94. The second-order valence-corrected chi connectivity index (χ2v) is 10.7. The summed E-state index contributed by atoms with van der Waals surface area (Å²) < 4.78 is 31.3. The Morgan fingerprint density at radius 3 is 1.70 bits per heavy atom. The number of ether oxygens (including phenoxy) is 6. The van der Waals surface area contributed by atoms with E-state index in [1.54, 1.807) is 13.2 Å². The Bertz CT molecular complexity index is 1360. The second kappa shape index (κ2) is 18.4. The highest BCUT2D eigenvalue weighted by Crippen LogP contribution is 2.29. The Hall–Kier alpha value is -4.70. The van der Waals surface area contributed by atoms with Crippen LogP contribution in [0, 0.1) is 0 Å². The monoisotopic (exact) mass is 654 g/mol. The van der Waals surface area contributed by atoms with E-state index in [1.807, 2.05) is 12.1 Å². The molecule has 256 valence electrons. The zero-order chi connectivity index (χ0) is 33.4. The summed E-state index contributed by atoms with van der Waals surface area (Å²) in [5.74, 6) is 2.44. The van der Waals surface area contributed by atoms with Gasteiger partial charge in [-0.2, -0.15) is 19.9 Å². The highest BCUT2D eigenvalue weighted by atomic mass is 16.5. The van der Waals surface area contributed by atoms with E-state index in [2.05, 4.69) is 63.4 Å². The third-order valence-corrected chi connectivity index (χ3v) is 7.50. The number of hydrogen-bond donors (Lipinski definition) is 3. The Morgan fingerprint density at radius 2 is 1.23 bits per heavy atom. The minimum Gasteiger partial charge on any atom is -0.493 e. The molecule has 2 aliphatic heterocycles. The summed E-state index contributed by atoms with van der Waals surface area (Å²) in [5.41, 5.74) is 1.19. The van der Waals surface area contributed by atoms with Crippen molar-refractivity contribution in [1.29, 1.82) is 0 Å². The van der Waals surface area contributed by atoms with E-state index in [0.717, 1.165) is 69.9 Å². The summed E-state index contributed by atoms with van der Waals surface area (Å²) in [6, 6.07) is 7.70. The quantitative estimate of drug-likeness (QED) is 0.216. The normalized spacial score (nSPS) is 15.4. The average molecular weight is 655 g/mol. The van der Waals surface area contributed by atoms with Crippen LogP contribution in [0.2, 0.25) is 0 Å². The first kappa shape index (κ1) is 35.2. The highest BCUT2D eigenvalue weighted by Gasteiger charge is 2.21. The molecule has 0 spiro atoms. The van der Waals surface area contributed by atoms with Gasteiger partial charge < -0.3 is 44.4 Å². The van der Waals surface area contributed by atoms with Crippen molar-refractivity contribution in [2.45, 2.75) is 44.3 Å². The molecule has 0 unspecified atom stereocenters. The number of piperidine rings is 2. The highest BCUT2D eigenvalue weighted by molar-refractivity contribution is 5.43. The fraction of sp³-hybridized carbons (Fsp3) is 0.548. The van der Waals surface area contributed by atoms with Crippen LogP contribution < -0.4 is 44.4 Å². The van der Waals surface area contributed by atoms with Crippen LogP contribution in [0.3, 0.4) is 0 Å². The minimum atomic E-state index is 0.232. The molecule has 4 heterocycles. The molecule has 0 bridgehead atoms. The first-order valence-electron chi connectivity index (χ1n) is 15.5.